The Hall–Kier alpha value is -3.61. The number of hydrogen-bond acceptors (Lipinski definition) is 5. The van der Waals surface area contributed by atoms with Gasteiger partial charge in [-0.05, 0) is 55.5 Å². The predicted octanol–water partition coefficient (Wildman–Crippen LogP) is 4.84. The van der Waals surface area contributed by atoms with E-state index in [9.17, 15) is 0 Å². The lowest BCUT2D eigenvalue weighted by Gasteiger charge is -2.16. The topological polar surface area (TPSA) is 74.7 Å². The van der Waals surface area contributed by atoms with Crippen LogP contribution in [0, 0.1) is 0 Å². The van der Waals surface area contributed by atoms with Crippen LogP contribution in [0.25, 0.3) is 27.7 Å². The number of benzene rings is 1. The van der Waals surface area contributed by atoms with Crippen molar-refractivity contribution in [3.05, 3.63) is 61.2 Å². The van der Waals surface area contributed by atoms with Gasteiger partial charge in [-0.1, -0.05) is 12.6 Å². The number of aromatic amines is 1. The molecule has 156 valence electrons. The molecule has 0 spiro atoms. The lowest BCUT2D eigenvalue weighted by Crippen LogP contribution is -2.18. The van der Waals surface area contributed by atoms with Crippen LogP contribution in [0.4, 0.5) is 11.5 Å². The Bertz CT molecular complexity index is 1240. The molecule has 4 aromatic rings. The first-order valence-electron chi connectivity index (χ1n) is 10.9. The maximum absolute atomic E-state index is 4.62. The molecule has 7 nitrogen and oxygen atoms in total. The molecule has 0 amide bonds. The van der Waals surface area contributed by atoms with Crippen molar-refractivity contribution in [2.24, 2.45) is 0 Å². The van der Waals surface area contributed by atoms with Crippen molar-refractivity contribution in [2.45, 2.75) is 31.7 Å². The fourth-order valence-corrected chi connectivity index (χ4v) is 4.28. The van der Waals surface area contributed by atoms with Gasteiger partial charge in [0.15, 0.2) is 0 Å². The maximum atomic E-state index is 4.62. The molecule has 1 aromatic carbocycles. The Morgan fingerprint density at radius 2 is 1.94 bits per heavy atom. The lowest BCUT2D eigenvalue weighted by atomic mass is 10.1. The van der Waals surface area contributed by atoms with Crippen LogP contribution in [0.1, 0.15) is 37.4 Å². The van der Waals surface area contributed by atoms with Gasteiger partial charge in [-0.15, -0.1) is 0 Å². The van der Waals surface area contributed by atoms with Crippen LogP contribution >= 0.6 is 0 Å². The first-order chi connectivity index (χ1) is 15.2. The Morgan fingerprint density at radius 1 is 1.06 bits per heavy atom. The molecule has 6 rings (SSSR count). The molecular formula is C24H25N7. The van der Waals surface area contributed by atoms with E-state index < -0.39 is 0 Å². The second-order valence-corrected chi connectivity index (χ2v) is 8.48. The highest BCUT2D eigenvalue weighted by Crippen LogP contribution is 2.36. The molecule has 1 saturated heterocycles. The smallest absolute Gasteiger partial charge is 0.128 e. The predicted molar refractivity (Wildman–Crippen MR) is 124 cm³/mol. The molecule has 1 saturated carbocycles. The third kappa shape index (κ3) is 3.46. The largest absolute Gasteiger partial charge is 0.357 e. The summed E-state index contributed by atoms with van der Waals surface area (Å²) in [7, 11) is 0. The monoisotopic (exact) mass is 411 g/mol. The van der Waals surface area contributed by atoms with Gasteiger partial charge in [0.1, 0.15) is 11.5 Å². The van der Waals surface area contributed by atoms with Crippen LogP contribution in [0.3, 0.4) is 0 Å². The summed E-state index contributed by atoms with van der Waals surface area (Å²) in [6, 6.07) is 11.0. The molecule has 0 bridgehead atoms. The maximum Gasteiger partial charge on any atom is 0.128 e. The molecule has 2 aliphatic rings. The van der Waals surface area contributed by atoms with E-state index in [1.807, 2.05) is 12.4 Å². The highest BCUT2D eigenvalue weighted by Gasteiger charge is 2.24. The molecule has 4 heterocycles. The van der Waals surface area contributed by atoms with E-state index in [0.717, 1.165) is 58.0 Å². The van der Waals surface area contributed by atoms with Gasteiger partial charge in [0.2, 0.25) is 0 Å². The molecule has 0 radical (unpaired) electrons. The molecule has 0 unspecified atom stereocenters. The van der Waals surface area contributed by atoms with E-state index in [1.165, 1.54) is 25.7 Å². The van der Waals surface area contributed by atoms with Crippen LogP contribution in [0.2, 0.25) is 0 Å². The van der Waals surface area contributed by atoms with E-state index in [2.05, 4.69) is 78.3 Å². The first kappa shape index (κ1) is 18.2. The van der Waals surface area contributed by atoms with E-state index in [-0.39, 0.29) is 0 Å². The number of nitrogens with one attached hydrogen (secondary N) is 2. The van der Waals surface area contributed by atoms with Crippen LogP contribution in [-0.4, -0.2) is 38.1 Å². The summed E-state index contributed by atoms with van der Waals surface area (Å²) in [6.07, 6.45) is 10.9. The number of H-pyrrole nitrogens is 1. The van der Waals surface area contributed by atoms with Gasteiger partial charge in [0.05, 0.1) is 35.3 Å². The molecule has 0 atom stereocenters. The van der Waals surface area contributed by atoms with Crippen molar-refractivity contribution in [1.29, 1.82) is 0 Å². The standard InChI is InChI=1S/C24H25N7/c1-16(27-19-5-9-23(25-14-19)30-10-2-3-11-30)24-21-12-17(4-8-22(21)28-29-24)18-13-26-31(15-18)20-6-7-20/h4-5,8-9,12-15,20,27H,1-3,6-7,10-11H2,(H,28,29). The van der Waals surface area contributed by atoms with E-state index in [4.69, 9.17) is 0 Å². The molecule has 31 heavy (non-hydrogen) atoms. The summed E-state index contributed by atoms with van der Waals surface area (Å²) in [5.74, 6) is 1.04. The van der Waals surface area contributed by atoms with Crippen molar-refractivity contribution in [2.75, 3.05) is 23.3 Å². The van der Waals surface area contributed by atoms with Crippen molar-refractivity contribution in [3.8, 4) is 11.1 Å². The van der Waals surface area contributed by atoms with E-state index in [1.54, 1.807) is 0 Å². The zero-order valence-electron chi connectivity index (χ0n) is 17.4. The summed E-state index contributed by atoms with van der Waals surface area (Å²) in [5, 5.41) is 16.6. The molecule has 2 N–H and O–H groups in total. The summed E-state index contributed by atoms with van der Waals surface area (Å²) >= 11 is 0. The number of rotatable bonds is 6. The number of fused-ring (bicyclic) bond motifs is 1. The van der Waals surface area contributed by atoms with Crippen molar-refractivity contribution in [3.63, 3.8) is 0 Å². The molecule has 1 aliphatic heterocycles. The van der Waals surface area contributed by atoms with Gasteiger partial charge in [-0.3, -0.25) is 9.78 Å². The number of anilines is 2. The zero-order chi connectivity index (χ0) is 20.8. The highest BCUT2D eigenvalue weighted by atomic mass is 15.3. The number of pyridine rings is 1. The molecule has 7 heteroatoms. The number of nitrogens with zero attached hydrogens (tertiary/aromatic N) is 5. The second kappa shape index (κ2) is 7.27. The SMILES string of the molecule is C=C(Nc1ccc(N2CCCC2)nc1)c1n[nH]c2ccc(-c3cnn(C4CC4)c3)cc12. The van der Waals surface area contributed by atoms with Gasteiger partial charge in [-0.25, -0.2) is 4.98 Å². The van der Waals surface area contributed by atoms with Crippen molar-refractivity contribution >= 4 is 28.1 Å². The average molecular weight is 412 g/mol. The molecular weight excluding hydrogens is 386 g/mol. The number of hydrogen-bond donors (Lipinski definition) is 2. The van der Waals surface area contributed by atoms with Gasteiger partial charge < -0.3 is 10.2 Å². The van der Waals surface area contributed by atoms with Crippen molar-refractivity contribution < 1.29 is 0 Å². The lowest BCUT2D eigenvalue weighted by molar-refractivity contribution is 0.642. The minimum Gasteiger partial charge on any atom is -0.357 e. The minimum atomic E-state index is 0.580. The minimum absolute atomic E-state index is 0.580. The summed E-state index contributed by atoms with van der Waals surface area (Å²) in [5.41, 5.74) is 5.71. The molecule has 3 aromatic heterocycles. The Morgan fingerprint density at radius 3 is 2.71 bits per heavy atom. The zero-order valence-corrected chi connectivity index (χ0v) is 17.4. The third-order valence-electron chi connectivity index (χ3n) is 6.18. The fourth-order valence-electron chi connectivity index (χ4n) is 4.28. The summed E-state index contributed by atoms with van der Waals surface area (Å²) in [6.45, 7) is 6.41. The van der Waals surface area contributed by atoms with Crippen molar-refractivity contribution in [1.82, 2.24) is 25.0 Å². The Kier molecular flexibility index (Phi) is 4.26. The average Bonchev–Trinajstić information content (AvgIpc) is 3.21. The van der Waals surface area contributed by atoms with E-state index in [0.29, 0.717) is 6.04 Å². The number of aromatic nitrogens is 5. The molecule has 2 fully saturated rings. The second-order valence-electron chi connectivity index (χ2n) is 8.48. The van der Waals surface area contributed by atoms with Gasteiger partial charge in [0.25, 0.3) is 0 Å². The summed E-state index contributed by atoms with van der Waals surface area (Å²) in [4.78, 5) is 6.94. The van der Waals surface area contributed by atoms with Gasteiger partial charge in [0, 0.05) is 30.2 Å². The van der Waals surface area contributed by atoms with Crippen LogP contribution < -0.4 is 10.2 Å². The third-order valence-corrected chi connectivity index (χ3v) is 6.18. The van der Waals surface area contributed by atoms with Gasteiger partial charge in [-0.2, -0.15) is 10.2 Å². The first-order valence-corrected chi connectivity index (χ1v) is 10.9. The quantitative estimate of drug-likeness (QED) is 0.475. The van der Waals surface area contributed by atoms with Gasteiger partial charge >= 0.3 is 0 Å². The van der Waals surface area contributed by atoms with Crippen LogP contribution in [0.5, 0.6) is 0 Å². The highest BCUT2D eigenvalue weighted by molar-refractivity contribution is 5.94. The Balaban J connectivity index is 1.24. The fraction of sp³-hybridized carbons (Fsp3) is 0.292. The summed E-state index contributed by atoms with van der Waals surface area (Å²) < 4.78 is 2.08. The van der Waals surface area contributed by atoms with E-state index >= 15 is 0 Å². The Labute approximate surface area is 180 Å². The molecule has 1 aliphatic carbocycles. The van der Waals surface area contributed by atoms with Crippen LogP contribution in [0.15, 0.2) is 55.5 Å². The van der Waals surface area contributed by atoms with Crippen LogP contribution in [-0.2, 0) is 0 Å². The normalized spacial score (nSPS) is 16.2.